The zero-order chi connectivity index (χ0) is 17.1. The molecule has 0 radical (unpaired) electrons. The SMILES string of the molecule is CC1CCCN(CC2CCNCC2N2CCC(n3cccn3)CC2)C1. The number of nitrogens with zero attached hydrogens (tertiary/aromatic N) is 4. The van der Waals surface area contributed by atoms with Gasteiger partial charge in [0.2, 0.25) is 0 Å². The predicted octanol–water partition coefficient (Wildman–Crippen LogP) is 2.23. The van der Waals surface area contributed by atoms with Crippen molar-refractivity contribution in [2.45, 2.75) is 51.1 Å². The molecule has 0 saturated carbocycles. The highest BCUT2D eigenvalue weighted by molar-refractivity contribution is 4.92. The number of rotatable bonds is 4. The molecule has 0 spiro atoms. The first-order valence-corrected chi connectivity index (χ1v) is 10.5. The first-order chi connectivity index (χ1) is 12.3. The lowest BCUT2D eigenvalue weighted by Gasteiger charge is -2.45. The Kier molecular flexibility index (Phi) is 5.73. The van der Waals surface area contributed by atoms with Crippen molar-refractivity contribution in [3.63, 3.8) is 0 Å². The van der Waals surface area contributed by atoms with Crippen molar-refractivity contribution >= 4 is 0 Å². The van der Waals surface area contributed by atoms with Crippen LogP contribution < -0.4 is 5.32 Å². The van der Waals surface area contributed by atoms with Gasteiger partial charge in [-0.3, -0.25) is 9.58 Å². The van der Waals surface area contributed by atoms with E-state index in [0.29, 0.717) is 6.04 Å². The molecule has 3 atom stereocenters. The summed E-state index contributed by atoms with van der Waals surface area (Å²) >= 11 is 0. The summed E-state index contributed by atoms with van der Waals surface area (Å²) in [7, 11) is 0. The molecule has 5 nitrogen and oxygen atoms in total. The zero-order valence-electron chi connectivity index (χ0n) is 15.8. The van der Waals surface area contributed by atoms with E-state index >= 15 is 0 Å². The van der Waals surface area contributed by atoms with Crippen LogP contribution in [0.15, 0.2) is 18.5 Å². The highest BCUT2D eigenvalue weighted by Crippen LogP contribution is 2.28. The second-order valence-electron chi connectivity index (χ2n) is 8.58. The van der Waals surface area contributed by atoms with Gasteiger partial charge in [0.05, 0.1) is 6.04 Å². The molecule has 3 aliphatic heterocycles. The van der Waals surface area contributed by atoms with E-state index in [0.717, 1.165) is 17.9 Å². The molecular weight excluding hydrogens is 310 g/mol. The Morgan fingerprint density at radius 2 is 2.00 bits per heavy atom. The molecular formula is C20H35N5. The number of hydrogen-bond donors (Lipinski definition) is 1. The van der Waals surface area contributed by atoms with Gasteiger partial charge in [-0.25, -0.2) is 0 Å². The Morgan fingerprint density at radius 1 is 1.12 bits per heavy atom. The average molecular weight is 346 g/mol. The van der Waals surface area contributed by atoms with Crippen molar-refractivity contribution in [2.24, 2.45) is 11.8 Å². The highest BCUT2D eigenvalue weighted by atomic mass is 15.3. The molecule has 1 N–H and O–H groups in total. The minimum absolute atomic E-state index is 0.601. The lowest BCUT2D eigenvalue weighted by atomic mass is 9.88. The van der Waals surface area contributed by atoms with Gasteiger partial charge >= 0.3 is 0 Å². The van der Waals surface area contributed by atoms with Gasteiger partial charge in [-0.2, -0.15) is 5.10 Å². The fraction of sp³-hybridized carbons (Fsp3) is 0.850. The number of piperidine rings is 3. The summed E-state index contributed by atoms with van der Waals surface area (Å²) in [4.78, 5) is 5.54. The van der Waals surface area contributed by atoms with Gasteiger partial charge in [-0.15, -0.1) is 0 Å². The van der Waals surface area contributed by atoms with E-state index in [2.05, 4.69) is 38.0 Å². The van der Waals surface area contributed by atoms with Crippen molar-refractivity contribution in [1.29, 1.82) is 0 Å². The van der Waals surface area contributed by atoms with Gasteiger partial charge in [0.1, 0.15) is 0 Å². The summed E-state index contributed by atoms with van der Waals surface area (Å²) in [6.07, 6.45) is 10.7. The molecule has 3 fully saturated rings. The van der Waals surface area contributed by atoms with Crippen molar-refractivity contribution in [3.05, 3.63) is 18.5 Å². The Hall–Kier alpha value is -0.910. The van der Waals surface area contributed by atoms with Crippen LogP contribution >= 0.6 is 0 Å². The summed E-state index contributed by atoms with van der Waals surface area (Å²) in [6.45, 7) is 11.2. The van der Waals surface area contributed by atoms with E-state index in [4.69, 9.17) is 0 Å². The van der Waals surface area contributed by atoms with E-state index in [-0.39, 0.29) is 0 Å². The fourth-order valence-electron chi connectivity index (χ4n) is 5.30. The van der Waals surface area contributed by atoms with Crippen LogP contribution in [-0.2, 0) is 0 Å². The number of hydrogen-bond acceptors (Lipinski definition) is 4. The van der Waals surface area contributed by atoms with E-state index in [1.165, 1.54) is 77.9 Å². The molecule has 0 amide bonds. The maximum Gasteiger partial charge on any atom is 0.0543 e. The van der Waals surface area contributed by atoms with E-state index in [9.17, 15) is 0 Å². The zero-order valence-corrected chi connectivity index (χ0v) is 15.8. The smallest absolute Gasteiger partial charge is 0.0543 e. The standard InChI is InChI=1S/C20H35N5/c1-17-4-2-10-23(15-17)16-18-5-9-21-14-20(18)24-12-6-19(7-13-24)25-11-3-8-22-25/h3,8,11,17-21H,2,4-7,9-10,12-16H2,1H3. The Morgan fingerprint density at radius 3 is 2.76 bits per heavy atom. The van der Waals surface area contributed by atoms with Crippen LogP contribution in [0.25, 0.3) is 0 Å². The molecule has 3 saturated heterocycles. The van der Waals surface area contributed by atoms with Gasteiger partial charge in [-0.1, -0.05) is 6.92 Å². The van der Waals surface area contributed by atoms with Crippen LogP contribution in [0.3, 0.4) is 0 Å². The third kappa shape index (κ3) is 4.26. The third-order valence-electron chi connectivity index (χ3n) is 6.69. The van der Waals surface area contributed by atoms with Gasteiger partial charge in [0.25, 0.3) is 0 Å². The molecule has 1 aromatic heterocycles. The second kappa shape index (κ2) is 8.19. The number of likely N-dealkylation sites (tertiary alicyclic amines) is 2. The quantitative estimate of drug-likeness (QED) is 0.908. The molecule has 0 aliphatic carbocycles. The normalized spacial score (nSPS) is 33.6. The molecule has 4 heterocycles. The fourth-order valence-corrected chi connectivity index (χ4v) is 5.30. The van der Waals surface area contributed by atoms with Gasteiger partial charge in [-0.05, 0) is 63.1 Å². The minimum Gasteiger partial charge on any atom is -0.315 e. The molecule has 4 rings (SSSR count). The number of aromatic nitrogens is 2. The van der Waals surface area contributed by atoms with Crippen molar-refractivity contribution in [3.8, 4) is 0 Å². The molecule has 0 bridgehead atoms. The van der Waals surface area contributed by atoms with Crippen LogP contribution in [0.4, 0.5) is 0 Å². The summed E-state index contributed by atoms with van der Waals surface area (Å²) in [5.41, 5.74) is 0. The summed E-state index contributed by atoms with van der Waals surface area (Å²) in [5.74, 6) is 1.73. The lowest BCUT2D eigenvalue weighted by molar-refractivity contribution is 0.0502. The third-order valence-corrected chi connectivity index (χ3v) is 6.69. The van der Waals surface area contributed by atoms with Crippen LogP contribution in [-0.4, -0.2) is 71.4 Å². The predicted molar refractivity (Wildman–Crippen MR) is 102 cm³/mol. The Balaban J connectivity index is 1.33. The van der Waals surface area contributed by atoms with Crippen LogP contribution in [0.2, 0.25) is 0 Å². The molecule has 5 heteroatoms. The molecule has 3 unspecified atom stereocenters. The topological polar surface area (TPSA) is 36.3 Å². The van der Waals surface area contributed by atoms with Gasteiger partial charge in [0.15, 0.2) is 0 Å². The first-order valence-electron chi connectivity index (χ1n) is 10.5. The Bertz CT molecular complexity index is 508. The summed E-state index contributed by atoms with van der Waals surface area (Å²) in [6, 6.07) is 3.38. The minimum atomic E-state index is 0.601. The second-order valence-corrected chi connectivity index (χ2v) is 8.58. The summed E-state index contributed by atoms with van der Waals surface area (Å²) in [5, 5.41) is 8.13. The highest BCUT2D eigenvalue weighted by Gasteiger charge is 2.34. The van der Waals surface area contributed by atoms with Crippen molar-refractivity contribution < 1.29 is 0 Å². The van der Waals surface area contributed by atoms with E-state index in [1.54, 1.807) is 0 Å². The van der Waals surface area contributed by atoms with Gasteiger partial charge < -0.3 is 10.2 Å². The average Bonchev–Trinajstić information content (AvgIpc) is 3.17. The van der Waals surface area contributed by atoms with E-state index in [1.807, 2.05) is 12.3 Å². The Labute approximate surface area is 152 Å². The van der Waals surface area contributed by atoms with Crippen LogP contribution in [0.1, 0.15) is 45.1 Å². The maximum atomic E-state index is 4.46. The van der Waals surface area contributed by atoms with Gasteiger partial charge in [0, 0.05) is 51.2 Å². The molecule has 140 valence electrons. The lowest BCUT2D eigenvalue weighted by Crippen LogP contribution is -2.56. The van der Waals surface area contributed by atoms with Crippen LogP contribution in [0.5, 0.6) is 0 Å². The van der Waals surface area contributed by atoms with Crippen LogP contribution in [0, 0.1) is 11.8 Å². The van der Waals surface area contributed by atoms with E-state index < -0.39 is 0 Å². The number of nitrogens with one attached hydrogen (secondary N) is 1. The first kappa shape index (κ1) is 17.5. The van der Waals surface area contributed by atoms with Crippen molar-refractivity contribution in [2.75, 3.05) is 45.8 Å². The molecule has 1 aromatic rings. The largest absolute Gasteiger partial charge is 0.315 e. The summed E-state index contributed by atoms with van der Waals surface area (Å²) < 4.78 is 2.17. The van der Waals surface area contributed by atoms with Crippen molar-refractivity contribution in [1.82, 2.24) is 24.9 Å². The monoisotopic (exact) mass is 345 g/mol. The molecule has 25 heavy (non-hydrogen) atoms. The maximum absolute atomic E-state index is 4.46. The molecule has 0 aromatic carbocycles. The molecule has 3 aliphatic rings.